The maximum Gasteiger partial charge on any atom is 0.408 e. The van der Waals surface area contributed by atoms with Gasteiger partial charge < -0.3 is 29.2 Å². The first-order valence-corrected chi connectivity index (χ1v) is 15.0. The third-order valence-corrected chi connectivity index (χ3v) is 9.49. The van der Waals surface area contributed by atoms with Crippen molar-refractivity contribution in [2.45, 2.75) is 83.6 Å². The molecule has 1 aromatic heterocycles. The van der Waals surface area contributed by atoms with Gasteiger partial charge in [-0.05, 0) is 55.1 Å². The minimum atomic E-state index is -3.31. The number of carbonyl (C=O) groups is 3. The maximum atomic E-state index is 16.2. The molecule has 232 valence electrons. The van der Waals surface area contributed by atoms with E-state index in [1.54, 1.807) is 25.1 Å². The summed E-state index contributed by atoms with van der Waals surface area (Å²) >= 11 is 0. The summed E-state index contributed by atoms with van der Waals surface area (Å²) in [5.74, 6) is -5.20. The summed E-state index contributed by atoms with van der Waals surface area (Å²) in [5, 5.41) is 2.74. The van der Waals surface area contributed by atoms with Crippen LogP contribution in [0.15, 0.2) is 18.2 Å². The Kier molecular flexibility index (Phi) is 7.24. The van der Waals surface area contributed by atoms with E-state index in [9.17, 15) is 14.4 Å². The van der Waals surface area contributed by atoms with Crippen LogP contribution in [0, 0.1) is 29.1 Å². The second kappa shape index (κ2) is 10.6. The Hall–Kier alpha value is -3.57. The Morgan fingerprint density at radius 3 is 2.51 bits per heavy atom. The molecule has 1 aromatic carbocycles. The first-order chi connectivity index (χ1) is 20.3. The van der Waals surface area contributed by atoms with E-state index in [-0.39, 0.29) is 35.9 Å². The number of fused-ring (bicyclic) bond motifs is 6. The minimum absolute atomic E-state index is 0.0632. The number of aldehydes is 1. The second-order valence-electron chi connectivity index (χ2n) is 13.6. The van der Waals surface area contributed by atoms with E-state index in [2.05, 4.69) is 15.3 Å². The van der Waals surface area contributed by atoms with Crippen LogP contribution in [0.25, 0.3) is 11.0 Å². The molecular weight excluding hydrogens is 562 g/mol. The SMILES string of the molecule is COc1ccc2nc3c(nc2c1)O[C@H]1CN(C(=O)[C@H](C(C)(C)C)NC(=O)O[C@@H]2C[C@H]2CCC2CC2C3(F)F)[C@H](C=O)[C@@H]1C. The minimum Gasteiger partial charge on any atom is -0.497 e. The molecule has 0 spiro atoms. The Labute approximate surface area is 248 Å². The molecule has 3 heterocycles. The van der Waals surface area contributed by atoms with E-state index in [4.69, 9.17) is 14.2 Å². The molecular formula is C31H38F2N4O6. The van der Waals surface area contributed by atoms with Crippen molar-refractivity contribution < 1.29 is 37.4 Å². The van der Waals surface area contributed by atoms with Crippen molar-refractivity contribution in [1.82, 2.24) is 20.2 Å². The van der Waals surface area contributed by atoms with Crippen LogP contribution < -0.4 is 14.8 Å². The summed E-state index contributed by atoms with van der Waals surface area (Å²) in [4.78, 5) is 49.3. The van der Waals surface area contributed by atoms with Crippen molar-refractivity contribution in [3.63, 3.8) is 0 Å². The number of benzene rings is 1. The number of aromatic nitrogens is 2. The third-order valence-electron chi connectivity index (χ3n) is 9.49. The molecule has 8 atom stereocenters. The van der Waals surface area contributed by atoms with E-state index in [1.807, 2.05) is 20.8 Å². The Morgan fingerprint density at radius 2 is 1.81 bits per heavy atom. The second-order valence-corrected chi connectivity index (χ2v) is 13.6. The molecule has 0 radical (unpaired) electrons. The topological polar surface area (TPSA) is 120 Å². The molecule has 2 aliphatic heterocycles. The van der Waals surface area contributed by atoms with Crippen LogP contribution in [0.2, 0.25) is 0 Å². The number of nitrogens with one attached hydrogen (secondary N) is 1. The lowest BCUT2D eigenvalue weighted by molar-refractivity contribution is -0.139. The molecule has 43 heavy (non-hydrogen) atoms. The van der Waals surface area contributed by atoms with Crippen LogP contribution in [0.1, 0.15) is 59.1 Å². The summed E-state index contributed by atoms with van der Waals surface area (Å²) in [6.45, 7) is 7.10. The number of methoxy groups -OCH3 is 1. The summed E-state index contributed by atoms with van der Waals surface area (Å²) < 4.78 is 49.5. The van der Waals surface area contributed by atoms with Crippen LogP contribution in [-0.4, -0.2) is 71.1 Å². The van der Waals surface area contributed by atoms with Crippen LogP contribution in [0.5, 0.6) is 11.6 Å². The van der Waals surface area contributed by atoms with Crippen LogP contribution in [-0.2, 0) is 20.2 Å². The quantitative estimate of drug-likeness (QED) is 0.501. The molecule has 1 N–H and O–H groups in total. The summed E-state index contributed by atoms with van der Waals surface area (Å²) in [5.41, 5.74) is -0.643. The number of amides is 2. The van der Waals surface area contributed by atoms with Gasteiger partial charge in [-0.1, -0.05) is 27.7 Å². The number of alkyl carbamates (subject to hydrolysis) is 1. The summed E-state index contributed by atoms with van der Waals surface area (Å²) in [6, 6.07) is 2.93. The first-order valence-electron chi connectivity index (χ1n) is 15.0. The summed E-state index contributed by atoms with van der Waals surface area (Å²) in [6.07, 6.45) is 1.06. The molecule has 6 rings (SSSR count). The van der Waals surface area contributed by atoms with Gasteiger partial charge in [0.2, 0.25) is 11.8 Å². The van der Waals surface area contributed by atoms with Crippen molar-refractivity contribution in [3.05, 3.63) is 23.9 Å². The lowest BCUT2D eigenvalue weighted by Gasteiger charge is -2.34. The van der Waals surface area contributed by atoms with E-state index >= 15 is 8.78 Å². The molecule has 2 bridgehead atoms. The zero-order valence-corrected chi connectivity index (χ0v) is 25.0. The largest absolute Gasteiger partial charge is 0.497 e. The number of alkyl halides is 2. The van der Waals surface area contributed by atoms with Crippen LogP contribution >= 0.6 is 0 Å². The Balaban J connectivity index is 1.41. The number of nitrogens with zero attached hydrogens (tertiary/aromatic N) is 3. The smallest absolute Gasteiger partial charge is 0.408 e. The van der Waals surface area contributed by atoms with Crippen molar-refractivity contribution in [3.8, 4) is 11.6 Å². The average Bonchev–Trinajstić information content (AvgIpc) is 3.86. The van der Waals surface area contributed by atoms with Crippen LogP contribution in [0.4, 0.5) is 13.6 Å². The first kappa shape index (κ1) is 29.5. The highest BCUT2D eigenvalue weighted by Crippen LogP contribution is 2.58. The van der Waals surface area contributed by atoms with Gasteiger partial charge in [-0.15, -0.1) is 0 Å². The number of carbonyl (C=O) groups excluding carboxylic acids is 3. The normalized spacial score (nSPS) is 33.9. The van der Waals surface area contributed by atoms with E-state index in [0.717, 1.165) is 0 Å². The highest BCUT2D eigenvalue weighted by molar-refractivity contribution is 5.89. The lowest BCUT2D eigenvalue weighted by atomic mass is 9.85. The zero-order chi connectivity index (χ0) is 30.8. The predicted molar refractivity (Wildman–Crippen MR) is 151 cm³/mol. The van der Waals surface area contributed by atoms with Gasteiger partial charge in [0.15, 0.2) is 5.69 Å². The standard InChI is InChI=1S/C31H38F2N4O6/c1-15-22(14-38)37-13-24(15)42-27-25(34-20-9-8-18(41-5)12-21(20)35-27)31(32,33)19-10-16(19)6-7-17-11-23(17)43-29(40)36-26(28(37)39)30(2,3)4/h8-9,12,14-17,19,22-24,26H,6-7,10-11,13H2,1-5H3,(H,36,40)/t15-,16?,17+,19?,22+,23+,24-,26+/m0/s1. The van der Waals surface area contributed by atoms with Gasteiger partial charge in [-0.3, -0.25) is 4.79 Å². The van der Waals surface area contributed by atoms with Gasteiger partial charge in [-0.25, -0.2) is 14.8 Å². The van der Waals surface area contributed by atoms with Crippen molar-refractivity contribution in [2.24, 2.45) is 29.1 Å². The molecule has 2 unspecified atom stereocenters. The molecule has 3 fully saturated rings. The van der Waals surface area contributed by atoms with Gasteiger partial charge in [0.25, 0.3) is 5.92 Å². The number of rotatable bonds is 2. The molecule has 2 aromatic rings. The fraction of sp³-hybridized carbons (Fsp3) is 0.645. The summed E-state index contributed by atoms with van der Waals surface area (Å²) in [7, 11) is 1.50. The number of hydrogen-bond acceptors (Lipinski definition) is 8. The molecule has 2 saturated carbocycles. The molecule has 2 aliphatic carbocycles. The van der Waals surface area contributed by atoms with E-state index in [0.29, 0.717) is 43.2 Å². The highest BCUT2D eigenvalue weighted by Gasteiger charge is 2.59. The number of ether oxygens (including phenoxy) is 3. The predicted octanol–water partition coefficient (Wildman–Crippen LogP) is 4.48. The maximum absolute atomic E-state index is 16.2. The average molecular weight is 601 g/mol. The molecule has 4 aliphatic rings. The van der Waals surface area contributed by atoms with Crippen molar-refractivity contribution in [1.29, 1.82) is 0 Å². The Bertz CT molecular complexity index is 1450. The monoisotopic (exact) mass is 600 g/mol. The highest BCUT2D eigenvalue weighted by atomic mass is 19.3. The fourth-order valence-electron chi connectivity index (χ4n) is 6.54. The lowest BCUT2D eigenvalue weighted by Crippen LogP contribution is -2.56. The van der Waals surface area contributed by atoms with Crippen molar-refractivity contribution >= 4 is 29.3 Å². The van der Waals surface area contributed by atoms with Gasteiger partial charge in [0.1, 0.15) is 30.3 Å². The van der Waals surface area contributed by atoms with Gasteiger partial charge in [0, 0.05) is 17.9 Å². The fourth-order valence-corrected chi connectivity index (χ4v) is 6.54. The van der Waals surface area contributed by atoms with Gasteiger partial charge in [-0.2, -0.15) is 8.78 Å². The van der Waals surface area contributed by atoms with Gasteiger partial charge in [0.05, 0.1) is 30.7 Å². The third kappa shape index (κ3) is 5.48. The number of halogens is 2. The molecule has 1 saturated heterocycles. The zero-order valence-electron chi connectivity index (χ0n) is 25.0. The van der Waals surface area contributed by atoms with Crippen molar-refractivity contribution in [2.75, 3.05) is 13.7 Å². The van der Waals surface area contributed by atoms with E-state index < -0.39 is 59.1 Å². The molecule has 2 amide bonds. The van der Waals surface area contributed by atoms with Crippen LogP contribution in [0.3, 0.4) is 0 Å². The molecule has 12 heteroatoms. The number of hydrogen-bond donors (Lipinski definition) is 1. The molecule has 10 nitrogen and oxygen atoms in total. The van der Waals surface area contributed by atoms with Gasteiger partial charge >= 0.3 is 6.09 Å². The van der Waals surface area contributed by atoms with E-state index in [1.165, 1.54) is 12.0 Å². The Morgan fingerprint density at radius 1 is 1.07 bits per heavy atom.